The van der Waals surface area contributed by atoms with Gasteiger partial charge in [0.1, 0.15) is 85.5 Å². The van der Waals surface area contributed by atoms with Gasteiger partial charge in [-0.3, -0.25) is 0 Å². The Balaban J connectivity index is 0.860. The summed E-state index contributed by atoms with van der Waals surface area (Å²) in [4.78, 5) is 0. The lowest BCUT2D eigenvalue weighted by molar-refractivity contribution is -0.398. The van der Waals surface area contributed by atoms with E-state index in [0.29, 0.717) is 49.5 Å². The van der Waals surface area contributed by atoms with Crippen LogP contribution >= 0.6 is 0 Å². The Labute approximate surface area is 425 Å². The lowest BCUT2D eigenvalue weighted by Gasteiger charge is -2.59. The number of hydrogen-bond donors (Lipinski definition) is 12. The summed E-state index contributed by atoms with van der Waals surface area (Å²) in [5.74, 6) is 1.14. The Morgan fingerprint density at radius 1 is 0.603 bits per heavy atom. The summed E-state index contributed by atoms with van der Waals surface area (Å²) in [6.07, 6.45) is -23.8. The van der Waals surface area contributed by atoms with Gasteiger partial charge < -0.3 is 109 Å². The Bertz CT molecular complexity index is 1950. The lowest BCUT2D eigenvalue weighted by Crippen LogP contribution is -2.67. The first-order valence-corrected chi connectivity index (χ1v) is 26.8. The molecule has 6 aliphatic heterocycles. The van der Waals surface area contributed by atoms with E-state index in [1.807, 2.05) is 6.92 Å². The molecule has 12 N–H and O–H groups in total. The third kappa shape index (κ3) is 9.32. The van der Waals surface area contributed by atoms with E-state index in [4.69, 9.17) is 47.4 Å². The Kier molecular flexibility index (Phi) is 15.7. The van der Waals surface area contributed by atoms with Gasteiger partial charge in [0.05, 0.1) is 50.3 Å². The molecule has 0 aromatic rings. The van der Waals surface area contributed by atoms with Gasteiger partial charge in [-0.2, -0.15) is 0 Å². The van der Waals surface area contributed by atoms with Crippen LogP contribution in [0, 0.1) is 46.3 Å². The summed E-state index contributed by atoms with van der Waals surface area (Å²) in [5, 5.41) is 130. The van der Waals surface area contributed by atoms with E-state index in [0.717, 1.165) is 32.1 Å². The fourth-order valence-corrected chi connectivity index (χ4v) is 15.5. The molecule has 1 spiro atoms. The fourth-order valence-electron chi connectivity index (χ4n) is 15.5. The van der Waals surface area contributed by atoms with Crippen molar-refractivity contribution in [2.45, 2.75) is 240 Å². The van der Waals surface area contributed by atoms with Gasteiger partial charge in [-0.1, -0.05) is 39.3 Å². The van der Waals surface area contributed by atoms with Gasteiger partial charge >= 0.3 is 0 Å². The molecule has 6 saturated heterocycles. The number of aliphatic hydroxyl groups excluding tert-OH is 12. The third-order valence-corrected chi connectivity index (χ3v) is 19.9. The first-order chi connectivity index (χ1) is 34.5. The standard InChI is InChI=1S/C51H82O22/c1-19-18-64-51(15-28(19)54)20(2)32-29(73-51)14-27-25-8-7-23-13-24(9-11-49(23,5)26(25)10-12-50(27,32)6)67-48-44(72-45-39(61)36(58)33(55)21(3)65-45)43(35(57)31(17-53)69-48)71-46-41(63)38(60)42(22(4)66-46)70-47-40(62)37(59)34(56)30(16-52)68-47/h7,19-22,24-48,52-63H,8-18H2,1-6H3/t19-,20+,21+,22+,24+,25-,26+,27+,28+,29+,30-,31-,32+,33+,34-,35-,36-,37+,38+,39-,40-,41-,42+,43+,44-,45+,46+,47+,48-,49+,50+,51-/m1/s1. The van der Waals surface area contributed by atoms with Crippen molar-refractivity contribution in [2.24, 2.45) is 46.3 Å². The largest absolute Gasteiger partial charge is 0.394 e. The molecule has 418 valence electrons. The van der Waals surface area contributed by atoms with Crippen LogP contribution in [-0.4, -0.2) is 228 Å². The first-order valence-electron chi connectivity index (χ1n) is 26.8. The van der Waals surface area contributed by atoms with Crippen LogP contribution in [0.3, 0.4) is 0 Å². The lowest BCUT2D eigenvalue weighted by atomic mass is 9.47. The maximum absolute atomic E-state index is 11.8. The minimum Gasteiger partial charge on any atom is -0.394 e. The van der Waals surface area contributed by atoms with Crippen LogP contribution in [-0.2, 0) is 47.4 Å². The van der Waals surface area contributed by atoms with Crippen molar-refractivity contribution < 1.29 is 109 Å². The Morgan fingerprint density at radius 3 is 1.89 bits per heavy atom. The zero-order chi connectivity index (χ0) is 52.4. The predicted octanol–water partition coefficient (Wildman–Crippen LogP) is -1.96. The van der Waals surface area contributed by atoms with Crippen LogP contribution in [0.15, 0.2) is 11.6 Å². The first kappa shape index (κ1) is 55.2. The van der Waals surface area contributed by atoms with Gasteiger partial charge in [-0.05, 0) is 93.3 Å². The molecule has 22 heteroatoms. The average Bonchev–Trinajstić information content (AvgIpc) is 3.81. The molecule has 10 rings (SSSR count). The van der Waals surface area contributed by atoms with Crippen LogP contribution in [0.2, 0.25) is 0 Å². The highest BCUT2D eigenvalue weighted by molar-refractivity contribution is 5.26. The maximum atomic E-state index is 11.8. The fraction of sp³-hybridized carbons (Fsp3) is 0.961. The zero-order valence-corrected chi connectivity index (χ0v) is 42.5. The van der Waals surface area contributed by atoms with Gasteiger partial charge in [0.2, 0.25) is 0 Å². The molecule has 73 heavy (non-hydrogen) atoms. The smallest absolute Gasteiger partial charge is 0.187 e. The van der Waals surface area contributed by atoms with Crippen molar-refractivity contribution >= 4 is 0 Å². The second-order valence-electron chi connectivity index (χ2n) is 24.0. The number of ether oxygens (including phenoxy) is 10. The SMILES string of the molecule is C[C@@H]1CO[C@]2(C[C@@H]1O)O[C@H]1C[C@H]3[C@@H]4CC=C5C[C@@H](O[C@@H]6O[C@H](CO)[C@@H](O)[C@H](O[C@@H]7O[C@@H](C)[C@H](O[C@@H]8O[C@H](CO)[C@@H](O)[C@H](O)[C@H]8O)[C@@H](O)[C@H]7O)[C@H]6O[C@@H]6O[C@@H](C)[C@H](O)[C@@H](O)[C@H]6O)CC[C@]5(C)[C@H]4CC[C@]3(C)[C@H]1[C@@H]2C. The normalized spacial score (nSPS) is 58.2. The molecule has 9 fully saturated rings. The van der Waals surface area contributed by atoms with E-state index in [1.165, 1.54) is 19.4 Å². The highest BCUT2D eigenvalue weighted by Gasteiger charge is 2.69. The van der Waals surface area contributed by atoms with E-state index in [1.54, 1.807) is 0 Å². The van der Waals surface area contributed by atoms with E-state index >= 15 is 0 Å². The Morgan fingerprint density at radius 2 is 1.21 bits per heavy atom. The van der Waals surface area contributed by atoms with Crippen LogP contribution < -0.4 is 0 Å². The van der Waals surface area contributed by atoms with Crippen molar-refractivity contribution in [3.05, 3.63) is 11.6 Å². The van der Waals surface area contributed by atoms with Gasteiger partial charge in [0.25, 0.3) is 0 Å². The highest BCUT2D eigenvalue weighted by Crippen LogP contribution is 2.71. The quantitative estimate of drug-likeness (QED) is 0.106. The molecule has 3 saturated carbocycles. The highest BCUT2D eigenvalue weighted by atomic mass is 16.8. The molecule has 6 heterocycles. The molecule has 32 atom stereocenters. The van der Waals surface area contributed by atoms with Crippen LogP contribution in [0.25, 0.3) is 0 Å². The number of fused-ring (bicyclic) bond motifs is 7. The minimum absolute atomic E-state index is 0.0633. The number of allylic oxidation sites excluding steroid dienone is 1. The van der Waals surface area contributed by atoms with Crippen molar-refractivity contribution in [2.75, 3.05) is 19.8 Å². The molecule has 0 amide bonds. The topological polar surface area (TPSA) is 335 Å². The van der Waals surface area contributed by atoms with Crippen molar-refractivity contribution in [1.29, 1.82) is 0 Å². The van der Waals surface area contributed by atoms with Gasteiger partial charge in [0, 0.05) is 18.3 Å². The molecule has 22 nitrogen and oxygen atoms in total. The monoisotopic (exact) mass is 1050 g/mol. The molecule has 0 radical (unpaired) electrons. The molecular formula is C51H82O22. The van der Waals surface area contributed by atoms with Gasteiger partial charge in [0.15, 0.2) is 30.9 Å². The van der Waals surface area contributed by atoms with E-state index in [9.17, 15) is 61.3 Å². The van der Waals surface area contributed by atoms with Crippen molar-refractivity contribution in [1.82, 2.24) is 0 Å². The summed E-state index contributed by atoms with van der Waals surface area (Å²) >= 11 is 0. The van der Waals surface area contributed by atoms with Crippen molar-refractivity contribution in [3.63, 3.8) is 0 Å². The summed E-state index contributed by atoms with van der Waals surface area (Å²) in [7, 11) is 0. The predicted molar refractivity (Wildman–Crippen MR) is 247 cm³/mol. The molecule has 4 aliphatic carbocycles. The Hall–Kier alpha value is -1.14. The third-order valence-electron chi connectivity index (χ3n) is 19.9. The molecule has 0 aromatic heterocycles. The van der Waals surface area contributed by atoms with E-state index < -0.39 is 154 Å². The summed E-state index contributed by atoms with van der Waals surface area (Å²) in [6.45, 7) is 11.1. The van der Waals surface area contributed by atoms with Crippen LogP contribution in [0.1, 0.15) is 92.9 Å². The molecule has 0 unspecified atom stereocenters. The number of aliphatic hydroxyl groups is 12. The van der Waals surface area contributed by atoms with Crippen LogP contribution in [0.4, 0.5) is 0 Å². The van der Waals surface area contributed by atoms with Crippen LogP contribution in [0.5, 0.6) is 0 Å². The van der Waals surface area contributed by atoms with Gasteiger partial charge in [-0.15, -0.1) is 0 Å². The zero-order valence-electron chi connectivity index (χ0n) is 42.5. The van der Waals surface area contributed by atoms with Gasteiger partial charge in [-0.25, -0.2) is 0 Å². The summed E-state index contributed by atoms with van der Waals surface area (Å²) in [6, 6.07) is 0. The molecule has 0 aromatic carbocycles. The second-order valence-corrected chi connectivity index (χ2v) is 24.0. The van der Waals surface area contributed by atoms with E-state index in [2.05, 4.69) is 26.8 Å². The maximum Gasteiger partial charge on any atom is 0.187 e. The average molecular weight is 1050 g/mol. The molecule has 10 aliphatic rings. The summed E-state index contributed by atoms with van der Waals surface area (Å²) in [5.41, 5.74) is 1.21. The van der Waals surface area contributed by atoms with Crippen molar-refractivity contribution in [3.8, 4) is 0 Å². The second kappa shape index (κ2) is 20.8. The minimum atomic E-state index is -1.93. The molecule has 0 bridgehead atoms. The molecular weight excluding hydrogens is 965 g/mol. The number of rotatable bonds is 10. The van der Waals surface area contributed by atoms with E-state index in [-0.39, 0.29) is 28.8 Å². The summed E-state index contributed by atoms with van der Waals surface area (Å²) < 4.78 is 62.2. The number of hydrogen-bond acceptors (Lipinski definition) is 22.